The van der Waals surface area contributed by atoms with Crippen molar-refractivity contribution >= 4 is 28.8 Å². The largest absolute Gasteiger partial charge is 0.275 e. The zero-order valence-electron chi connectivity index (χ0n) is 15.0. The second-order valence-electron chi connectivity index (χ2n) is 6.92. The Labute approximate surface area is 166 Å². The third-order valence-electron chi connectivity index (χ3n) is 5.24. The summed E-state index contributed by atoms with van der Waals surface area (Å²) in [6.07, 6.45) is -0.788. The Balaban J connectivity index is 1.50. The number of rotatable bonds is 4. The number of fused-ring (bicyclic) bond motifs is 1. The van der Waals surface area contributed by atoms with Crippen molar-refractivity contribution in [2.45, 2.75) is 18.7 Å². The van der Waals surface area contributed by atoms with Gasteiger partial charge in [0, 0.05) is 4.88 Å². The van der Waals surface area contributed by atoms with Crippen LogP contribution in [0.25, 0.3) is 0 Å². The predicted octanol–water partition coefficient (Wildman–Crippen LogP) is 3.79. The van der Waals surface area contributed by atoms with Crippen molar-refractivity contribution in [3.8, 4) is 0 Å². The topological polar surface area (TPSA) is 49.9 Å². The summed E-state index contributed by atoms with van der Waals surface area (Å²) in [4.78, 5) is 34.8. The zero-order chi connectivity index (χ0) is 19.1. The van der Waals surface area contributed by atoms with E-state index in [9.17, 15) is 9.59 Å². The molecule has 2 aliphatic rings. The van der Waals surface area contributed by atoms with Crippen LogP contribution in [0, 0.1) is 5.92 Å². The van der Waals surface area contributed by atoms with Gasteiger partial charge in [-0.3, -0.25) is 19.3 Å². The normalized spacial score (nSPS) is 24.1. The van der Waals surface area contributed by atoms with Crippen molar-refractivity contribution in [3.05, 3.63) is 88.6 Å². The van der Waals surface area contributed by atoms with Gasteiger partial charge in [-0.2, -0.15) is 0 Å². The lowest BCUT2D eigenvalue weighted by atomic mass is 9.95. The van der Waals surface area contributed by atoms with Gasteiger partial charge in [0.25, 0.3) is 5.91 Å². The number of hydrogen-bond donors (Lipinski definition) is 0. The van der Waals surface area contributed by atoms with Crippen LogP contribution in [-0.2, 0) is 21.0 Å². The number of amides is 2. The second-order valence-corrected chi connectivity index (χ2v) is 7.90. The number of carbonyl (C=O) groups is 2. The summed E-state index contributed by atoms with van der Waals surface area (Å²) in [6.45, 7) is 0.275. The SMILES string of the molecule is O=C1[C@H]2[C@H](ON(c3ccccc3)[C@@H]2c2cccs2)C(=O)N1Cc1ccccc1. The number of imide groups is 1. The summed E-state index contributed by atoms with van der Waals surface area (Å²) in [5.41, 5.74) is 1.77. The molecule has 3 atom stereocenters. The molecule has 0 radical (unpaired) electrons. The highest BCUT2D eigenvalue weighted by Gasteiger charge is 2.60. The van der Waals surface area contributed by atoms with Gasteiger partial charge in [-0.1, -0.05) is 54.6 Å². The van der Waals surface area contributed by atoms with Gasteiger partial charge in [-0.15, -0.1) is 11.3 Å². The number of benzene rings is 2. The van der Waals surface area contributed by atoms with Gasteiger partial charge in [0.15, 0.2) is 6.10 Å². The average molecular weight is 390 g/mol. The summed E-state index contributed by atoms with van der Waals surface area (Å²) >= 11 is 1.57. The molecule has 0 aliphatic carbocycles. The Kier molecular flexibility index (Phi) is 4.22. The number of thiophene rings is 1. The number of hydrogen-bond acceptors (Lipinski definition) is 5. The summed E-state index contributed by atoms with van der Waals surface area (Å²) in [7, 11) is 0. The van der Waals surface area contributed by atoms with Crippen LogP contribution < -0.4 is 5.06 Å². The van der Waals surface area contributed by atoms with Crippen molar-refractivity contribution in [2.75, 3.05) is 5.06 Å². The third-order valence-corrected chi connectivity index (χ3v) is 6.18. The lowest BCUT2D eigenvalue weighted by Crippen LogP contribution is -2.36. The third kappa shape index (κ3) is 2.73. The maximum atomic E-state index is 13.3. The van der Waals surface area contributed by atoms with E-state index in [1.54, 1.807) is 16.4 Å². The molecular formula is C22H18N2O3S. The molecule has 0 N–H and O–H groups in total. The minimum atomic E-state index is -0.788. The first-order valence-corrected chi connectivity index (χ1v) is 10.1. The van der Waals surface area contributed by atoms with Crippen molar-refractivity contribution in [2.24, 2.45) is 5.92 Å². The van der Waals surface area contributed by atoms with E-state index >= 15 is 0 Å². The zero-order valence-corrected chi connectivity index (χ0v) is 15.8. The Morgan fingerprint density at radius 1 is 0.857 bits per heavy atom. The number of likely N-dealkylation sites (tertiary alicyclic amines) is 1. The molecule has 2 amide bonds. The standard InChI is InChI=1S/C22H18N2O3S/c25-21-18-19(17-12-7-13-28-17)24(16-10-5-2-6-11-16)27-20(18)22(26)23(21)14-15-8-3-1-4-9-15/h1-13,18-20H,14H2/t18-,19-,20+/m1/s1. The molecule has 140 valence electrons. The fourth-order valence-corrected chi connectivity index (χ4v) is 4.79. The predicted molar refractivity (Wildman–Crippen MR) is 106 cm³/mol. The fourth-order valence-electron chi connectivity index (χ4n) is 3.94. The van der Waals surface area contributed by atoms with Crippen molar-refractivity contribution < 1.29 is 14.4 Å². The minimum absolute atomic E-state index is 0.171. The second kappa shape index (κ2) is 6.89. The van der Waals surface area contributed by atoms with E-state index in [0.717, 1.165) is 16.1 Å². The molecule has 1 aromatic heterocycles. The van der Waals surface area contributed by atoms with E-state index in [1.807, 2.05) is 78.2 Å². The first-order chi connectivity index (χ1) is 13.7. The molecule has 3 aromatic rings. The molecule has 2 aliphatic heterocycles. The maximum absolute atomic E-state index is 13.3. The van der Waals surface area contributed by atoms with Gasteiger partial charge in [-0.05, 0) is 29.1 Å². The molecule has 28 heavy (non-hydrogen) atoms. The van der Waals surface area contributed by atoms with Crippen molar-refractivity contribution in [3.63, 3.8) is 0 Å². The monoisotopic (exact) mass is 390 g/mol. The van der Waals surface area contributed by atoms with E-state index in [2.05, 4.69) is 0 Å². The first-order valence-electron chi connectivity index (χ1n) is 9.17. The highest BCUT2D eigenvalue weighted by molar-refractivity contribution is 7.10. The van der Waals surface area contributed by atoms with E-state index < -0.39 is 12.0 Å². The number of nitrogens with zero attached hydrogens (tertiary/aromatic N) is 2. The highest BCUT2D eigenvalue weighted by atomic mass is 32.1. The Bertz CT molecular complexity index is 991. The van der Waals surface area contributed by atoms with Crippen LogP contribution in [0.4, 0.5) is 5.69 Å². The van der Waals surface area contributed by atoms with Crippen LogP contribution in [0.2, 0.25) is 0 Å². The van der Waals surface area contributed by atoms with Crippen LogP contribution in [-0.4, -0.2) is 22.8 Å². The van der Waals surface area contributed by atoms with Crippen molar-refractivity contribution in [1.82, 2.24) is 4.90 Å². The molecule has 2 aromatic carbocycles. The molecule has 2 fully saturated rings. The Morgan fingerprint density at radius 2 is 1.57 bits per heavy atom. The molecule has 3 heterocycles. The summed E-state index contributed by atoms with van der Waals surface area (Å²) in [6, 6.07) is 22.8. The van der Waals surface area contributed by atoms with E-state index in [-0.39, 0.29) is 24.4 Å². The van der Waals surface area contributed by atoms with Gasteiger partial charge in [-0.25, -0.2) is 5.06 Å². The van der Waals surface area contributed by atoms with Crippen LogP contribution in [0.15, 0.2) is 78.2 Å². The molecular weight excluding hydrogens is 372 g/mol. The van der Waals surface area contributed by atoms with Crippen LogP contribution in [0.5, 0.6) is 0 Å². The Hall–Kier alpha value is -2.96. The van der Waals surface area contributed by atoms with Crippen LogP contribution >= 0.6 is 11.3 Å². The lowest BCUT2D eigenvalue weighted by Gasteiger charge is -2.27. The van der Waals surface area contributed by atoms with Gasteiger partial charge in [0.2, 0.25) is 5.91 Å². The van der Waals surface area contributed by atoms with Gasteiger partial charge >= 0.3 is 0 Å². The number of hydroxylamine groups is 1. The van der Waals surface area contributed by atoms with Gasteiger partial charge in [0.1, 0.15) is 12.0 Å². The number of para-hydroxylation sites is 1. The summed E-state index contributed by atoms with van der Waals surface area (Å²) < 4.78 is 0. The smallest absolute Gasteiger partial charge is 0.262 e. The van der Waals surface area contributed by atoms with Gasteiger partial charge in [0.05, 0.1) is 12.2 Å². The fraction of sp³-hybridized carbons (Fsp3) is 0.182. The van der Waals surface area contributed by atoms with E-state index in [0.29, 0.717) is 0 Å². The molecule has 0 unspecified atom stereocenters. The summed E-state index contributed by atoms with van der Waals surface area (Å²) in [5.74, 6) is -0.982. The van der Waals surface area contributed by atoms with Crippen LogP contribution in [0.1, 0.15) is 16.5 Å². The van der Waals surface area contributed by atoms with Crippen LogP contribution in [0.3, 0.4) is 0 Å². The molecule has 6 heteroatoms. The highest BCUT2D eigenvalue weighted by Crippen LogP contribution is 2.47. The van der Waals surface area contributed by atoms with E-state index in [1.165, 1.54) is 4.90 Å². The molecule has 2 saturated heterocycles. The van der Waals surface area contributed by atoms with Gasteiger partial charge < -0.3 is 0 Å². The average Bonchev–Trinajstić information content (AvgIpc) is 3.44. The lowest BCUT2D eigenvalue weighted by molar-refractivity contribution is -0.143. The van der Waals surface area contributed by atoms with E-state index in [4.69, 9.17) is 4.84 Å². The molecule has 0 saturated carbocycles. The molecule has 5 rings (SSSR count). The molecule has 0 bridgehead atoms. The number of anilines is 1. The van der Waals surface area contributed by atoms with Crippen molar-refractivity contribution in [1.29, 1.82) is 0 Å². The number of carbonyl (C=O) groups excluding carboxylic acids is 2. The first kappa shape index (κ1) is 17.2. The summed E-state index contributed by atoms with van der Waals surface area (Å²) in [5, 5.41) is 3.71. The Morgan fingerprint density at radius 3 is 2.25 bits per heavy atom. The molecule has 5 nitrogen and oxygen atoms in total. The maximum Gasteiger partial charge on any atom is 0.262 e. The minimum Gasteiger partial charge on any atom is -0.275 e. The molecule has 0 spiro atoms. The quantitative estimate of drug-likeness (QED) is 0.636.